The van der Waals surface area contributed by atoms with Gasteiger partial charge in [0.05, 0.1) is 0 Å². The highest BCUT2D eigenvalue weighted by Crippen LogP contribution is 2.33. The van der Waals surface area contributed by atoms with Crippen molar-refractivity contribution >= 4 is 11.4 Å². The van der Waals surface area contributed by atoms with Gasteiger partial charge in [-0.1, -0.05) is 43.0 Å². The van der Waals surface area contributed by atoms with Gasteiger partial charge in [0, 0.05) is 37.1 Å². The standard InChI is InChI=1S/C24H25FN2/c1-17(2)23-14-15-27(22-7-5-6-20(25)10-13-22)24(16-18(23)3)19-8-11-21(26-4)12-9-19/h5,7-14,16,26H,1,3,6,15H2,2,4H3. The molecule has 0 spiro atoms. The Hall–Kier alpha value is -3.07. The van der Waals surface area contributed by atoms with Crippen LogP contribution in [0, 0.1) is 0 Å². The molecule has 0 unspecified atom stereocenters. The van der Waals surface area contributed by atoms with Crippen LogP contribution in [0.2, 0.25) is 0 Å². The van der Waals surface area contributed by atoms with Crippen LogP contribution < -0.4 is 5.32 Å². The molecule has 0 bridgehead atoms. The Morgan fingerprint density at radius 2 is 1.93 bits per heavy atom. The Morgan fingerprint density at radius 1 is 1.19 bits per heavy atom. The van der Waals surface area contributed by atoms with E-state index in [1.165, 1.54) is 0 Å². The molecular weight excluding hydrogens is 335 g/mol. The molecule has 3 heteroatoms. The molecule has 0 saturated heterocycles. The van der Waals surface area contributed by atoms with E-state index < -0.39 is 0 Å². The van der Waals surface area contributed by atoms with Gasteiger partial charge in [0.1, 0.15) is 5.83 Å². The molecule has 0 atom stereocenters. The van der Waals surface area contributed by atoms with Crippen molar-refractivity contribution in [1.29, 1.82) is 0 Å². The molecule has 0 amide bonds. The average molecular weight is 360 g/mol. The van der Waals surface area contributed by atoms with Gasteiger partial charge in [-0.2, -0.15) is 0 Å². The molecule has 1 N–H and O–H groups in total. The van der Waals surface area contributed by atoms with E-state index in [-0.39, 0.29) is 5.83 Å². The lowest BCUT2D eigenvalue weighted by Gasteiger charge is -2.27. The number of hydrogen-bond donors (Lipinski definition) is 1. The Kier molecular flexibility index (Phi) is 5.60. The van der Waals surface area contributed by atoms with Crippen LogP contribution in [-0.4, -0.2) is 18.5 Å². The number of rotatable bonds is 4. The largest absolute Gasteiger partial charge is 0.388 e. The van der Waals surface area contributed by atoms with Crippen molar-refractivity contribution in [2.45, 2.75) is 13.3 Å². The summed E-state index contributed by atoms with van der Waals surface area (Å²) in [6, 6.07) is 8.26. The summed E-state index contributed by atoms with van der Waals surface area (Å²) in [7, 11) is 1.90. The molecule has 1 aliphatic carbocycles. The van der Waals surface area contributed by atoms with Gasteiger partial charge in [0.2, 0.25) is 0 Å². The summed E-state index contributed by atoms with van der Waals surface area (Å²) >= 11 is 0. The second-order valence-corrected chi connectivity index (χ2v) is 6.70. The second-order valence-electron chi connectivity index (χ2n) is 6.70. The van der Waals surface area contributed by atoms with Crippen LogP contribution in [-0.2, 0) is 0 Å². The van der Waals surface area contributed by atoms with E-state index in [0.717, 1.165) is 39.4 Å². The van der Waals surface area contributed by atoms with E-state index in [0.29, 0.717) is 13.0 Å². The van der Waals surface area contributed by atoms with E-state index in [2.05, 4.69) is 47.7 Å². The molecule has 0 aromatic heterocycles. The highest BCUT2D eigenvalue weighted by atomic mass is 19.1. The first-order valence-corrected chi connectivity index (χ1v) is 9.05. The van der Waals surface area contributed by atoms with Gasteiger partial charge in [-0.25, -0.2) is 4.39 Å². The summed E-state index contributed by atoms with van der Waals surface area (Å²) < 4.78 is 13.7. The van der Waals surface area contributed by atoms with Gasteiger partial charge < -0.3 is 10.2 Å². The van der Waals surface area contributed by atoms with Gasteiger partial charge in [-0.15, -0.1) is 0 Å². The van der Waals surface area contributed by atoms with Crippen LogP contribution >= 0.6 is 0 Å². The number of anilines is 1. The monoisotopic (exact) mass is 360 g/mol. The third-order valence-electron chi connectivity index (χ3n) is 4.70. The second kappa shape index (κ2) is 8.09. The van der Waals surface area contributed by atoms with Crippen LogP contribution in [0.25, 0.3) is 5.70 Å². The predicted octanol–water partition coefficient (Wildman–Crippen LogP) is 6.14. The maximum absolute atomic E-state index is 13.7. The lowest BCUT2D eigenvalue weighted by Crippen LogP contribution is -2.20. The van der Waals surface area contributed by atoms with Crippen molar-refractivity contribution in [3.05, 3.63) is 108 Å². The molecule has 3 rings (SSSR count). The van der Waals surface area contributed by atoms with Crippen molar-refractivity contribution in [3.8, 4) is 0 Å². The van der Waals surface area contributed by atoms with E-state index in [1.807, 2.05) is 44.3 Å². The van der Waals surface area contributed by atoms with Crippen LogP contribution in [0.1, 0.15) is 18.9 Å². The Balaban J connectivity index is 2.10. The van der Waals surface area contributed by atoms with Gasteiger partial charge in [-0.3, -0.25) is 0 Å². The summed E-state index contributed by atoms with van der Waals surface area (Å²) in [5.74, 6) is -0.137. The summed E-state index contributed by atoms with van der Waals surface area (Å²) in [6.07, 6.45) is 11.7. The SMILES string of the molecule is C=C(C)C1=CCN(C2=CC=C(F)CC=C2)C(c2ccc(NC)cc2)=CC1=C. The van der Waals surface area contributed by atoms with E-state index >= 15 is 0 Å². The molecule has 0 radical (unpaired) electrons. The summed E-state index contributed by atoms with van der Waals surface area (Å²) in [5.41, 5.74) is 7.08. The predicted molar refractivity (Wildman–Crippen MR) is 114 cm³/mol. The molecule has 27 heavy (non-hydrogen) atoms. The van der Waals surface area contributed by atoms with E-state index in [4.69, 9.17) is 0 Å². The Bertz CT molecular complexity index is 908. The number of halogens is 1. The quantitative estimate of drug-likeness (QED) is 0.694. The fourth-order valence-corrected chi connectivity index (χ4v) is 3.24. The Labute approximate surface area is 161 Å². The number of nitrogens with zero attached hydrogens (tertiary/aromatic N) is 1. The first kappa shape index (κ1) is 18.7. The third-order valence-corrected chi connectivity index (χ3v) is 4.70. The van der Waals surface area contributed by atoms with E-state index in [9.17, 15) is 4.39 Å². The zero-order valence-corrected chi connectivity index (χ0v) is 15.9. The summed E-state index contributed by atoms with van der Waals surface area (Å²) in [5, 5.41) is 3.14. The molecule has 1 aromatic carbocycles. The van der Waals surface area contributed by atoms with E-state index in [1.54, 1.807) is 6.08 Å². The van der Waals surface area contributed by atoms with Gasteiger partial charge in [0.15, 0.2) is 0 Å². The molecule has 0 fully saturated rings. The molecule has 1 aromatic rings. The van der Waals surface area contributed by atoms with Crippen LogP contribution in [0.4, 0.5) is 10.1 Å². The fraction of sp³-hybridized carbons (Fsp3) is 0.167. The number of benzene rings is 1. The molecule has 1 heterocycles. The smallest absolute Gasteiger partial charge is 0.104 e. The zero-order valence-electron chi connectivity index (χ0n) is 15.9. The van der Waals surface area contributed by atoms with Crippen molar-refractivity contribution < 1.29 is 4.39 Å². The molecule has 0 saturated carbocycles. The molecule has 2 nitrogen and oxygen atoms in total. The molecular formula is C24H25FN2. The van der Waals surface area contributed by atoms with Crippen molar-refractivity contribution in [3.63, 3.8) is 0 Å². The maximum atomic E-state index is 13.7. The minimum atomic E-state index is -0.137. The highest BCUT2D eigenvalue weighted by Gasteiger charge is 2.19. The van der Waals surface area contributed by atoms with Gasteiger partial charge >= 0.3 is 0 Å². The maximum Gasteiger partial charge on any atom is 0.104 e. The zero-order chi connectivity index (χ0) is 19.4. The number of nitrogens with one attached hydrogen (secondary N) is 1. The van der Waals surface area contributed by atoms with Crippen molar-refractivity contribution in [1.82, 2.24) is 4.90 Å². The lowest BCUT2D eigenvalue weighted by molar-refractivity contribution is 0.560. The molecule has 1 aliphatic heterocycles. The minimum Gasteiger partial charge on any atom is -0.388 e. The van der Waals surface area contributed by atoms with Crippen molar-refractivity contribution in [2.24, 2.45) is 0 Å². The van der Waals surface area contributed by atoms with Crippen LogP contribution in [0.15, 0.2) is 102 Å². The number of allylic oxidation sites excluding steroid dienone is 9. The molecule has 2 aliphatic rings. The average Bonchev–Trinajstić information content (AvgIpc) is 2.97. The topological polar surface area (TPSA) is 15.3 Å². The highest BCUT2D eigenvalue weighted by molar-refractivity contribution is 5.73. The summed E-state index contributed by atoms with van der Waals surface area (Å²) in [4.78, 5) is 2.18. The first-order valence-electron chi connectivity index (χ1n) is 9.05. The Morgan fingerprint density at radius 3 is 2.59 bits per heavy atom. The lowest BCUT2D eigenvalue weighted by atomic mass is 10.00. The van der Waals surface area contributed by atoms with Gasteiger partial charge in [-0.05, 0) is 60.1 Å². The normalized spacial score (nSPS) is 17.3. The minimum absolute atomic E-state index is 0.137. The first-order chi connectivity index (χ1) is 13.0. The fourth-order valence-electron chi connectivity index (χ4n) is 3.24. The van der Waals surface area contributed by atoms with Crippen molar-refractivity contribution in [2.75, 3.05) is 18.9 Å². The van der Waals surface area contributed by atoms with Crippen LogP contribution in [0.3, 0.4) is 0 Å². The number of hydrogen-bond acceptors (Lipinski definition) is 2. The molecule has 138 valence electrons. The summed E-state index contributed by atoms with van der Waals surface area (Å²) in [6.45, 7) is 11.0. The van der Waals surface area contributed by atoms with Gasteiger partial charge in [0.25, 0.3) is 0 Å². The third kappa shape index (κ3) is 4.20. The van der Waals surface area contributed by atoms with Crippen LogP contribution in [0.5, 0.6) is 0 Å².